The molecule has 1 aromatic carbocycles. The molecule has 0 aliphatic heterocycles. The summed E-state index contributed by atoms with van der Waals surface area (Å²) in [4.78, 5) is 16.8. The lowest BCUT2D eigenvalue weighted by atomic mass is 10.2. The summed E-state index contributed by atoms with van der Waals surface area (Å²) in [6.07, 6.45) is 0. The van der Waals surface area contributed by atoms with E-state index in [9.17, 15) is 4.79 Å². The number of nitrogens with zero attached hydrogens (tertiary/aromatic N) is 3. The quantitative estimate of drug-likeness (QED) is 0.900. The Hall–Kier alpha value is -1.73. The highest BCUT2D eigenvalue weighted by atomic mass is 79.9. The molecule has 1 aromatic heterocycles. The molecule has 106 valence electrons. The van der Waals surface area contributed by atoms with Gasteiger partial charge in [-0.05, 0) is 26.1 Å². The van der Waals surface area contributed by atoms with Crippen molar-refractivity contribution in [3.8, 4) is 11.4 Å². The minimum absolute atomic E-state index is 0.286. The van der Waals surface area contributed by atoms with Crippen molar-refractivity contribution in [3.63, 3.8) is 0 Å². The first-order valence-corrected chi connectivity index (χ1v) is 6.78. The fraction of sp³-hybridized carbons (Fsp3) is 0.308. The predicted octanol–water partition coefficient (Wildman–Crippen LogP) is 2.40. The summed E-state index contributed by atoms with van der Waals surface area (Å²) in [6, 6.07) is 6.94. The first-order valence-electron chi connectivity index (χ1n) is 5.99. The van der Waals surface area contributed by atoms with E-state index in [1.165, 1.54) is 0 Å². The fourth-order valence-electron chi connectivity index (χ4n) is 1.60. The Balaban J connectivity index is 2.11. The van der Waals surface area contributed by atoms with Gasteiger partial charge in [-0.25, -0.2) is 0 Å². The number of likely N-dealkylation sites (N-methyl/N-ethyl adjacent to an activating group) is 1. The van der Waals surface area contributed by atoms with Crippen LogP contribution in [0, 0.1) is 0 Å². The molecule has 0 fully saturated rings. The van der Waals surface area contributed by atoms with E-state index < -0.39 is 12.0 Å². The van der Waals surface area contributed by atoms with Crippen LogP contribution in [0.15, 0.2) is 33.3 Å². The molecule has 6 nitrogen and oxygen atoms in total. The van der Waals surface area contributed by atoms with Gasteiger partial charge < -0.3 is 9.63 Å². The summed E-state index contributed by atoms with van der Waals surface area (Å²) in [5.41, 5.74) is 0.836. The van der Waals surface area contributed by atoms with Crippen LogP contribution in [-0.2, 0) is 11.3 Å². The Morgan fingerprint density at radius 1 is 1.55 bits per heavy atom. The molecule has 0 spiro atoms. The molecule has 0 aliphatic rings. The minimum Gasteiger partial charge on any atom is -0.480 e. The average molecular weight is 340 g/mol. The Bertz CT molecular complexity index is 614. The average Bonchev–Trinajstić information content (AvgIpc) is 2.86. The largest absolute Gasteiger partial charge is 0.480 e. The summed E-state index contributed by atoms with van der Waals surface area (Å²) >= 11 is 3.38. The highest BCUT2D eigenvalue weighted by molar-refractivity contribution is 9.10. The van der Waals surface area contributed by atoms with Gasteiger partial charge in [0, 0.05) is 10.0 Å². The van der Waals surface area contributed by atoms with Gasteiger partial charge in [0.25, 0.3) is 0 Å². The standard InChI is InChI=1S/C13H14BrN3O3/c1-8(13(18)19)17(2)7-11-15-12(16-20-11)9-4-3-5-10(14)6-9/h3-6,8H,7H2,1-2H3,(H,18,19). The molecule has 0 saturated heterocycles. The molecule has 1 heterocycles. The topological polar surface area (TPSA) is 79.5 Å². The second-order valence-electron chi connectivity index (χ2n) is 4.45. The number of hydrogen-bond donors (Lipinski definition) is 1. The van der Waals surface area contributed by atoms with Gasteiger partial charge in [-0.2, -0.15) is 4.98 Å². The number of aromatic nitrogens is 2. The van der Waals surface area contributed by atoms with Gasteiger partial charge in [-0.15, -0.1) is 0 Å². The van der Waals surface area contributed by atoms with Gasteiger partial charge in [0.05, 0.1) is 6.54 Å². The second kappa shape index (κ2) is 6.15. The molecular weight excluding hydrogens is 326 g/mol. The smallest absolute Gasteiger partial charge is 0.320 e. The molecule has 0 aliphatic carbocycles. The van der Waals surface area contributed by atoms with E-state index >= 15 is 0 Å². The lowest BCUT2D eigenvalue weighted by molar-refractivity contribution is -0.142. The number of aliphatic carboxylic acids is 1. The van der Waals surface area contributed by atoms with Crippen LogP contribution in [0.2, 0.25) is 0 Å². The molecule has 2 aromatic rings. The third-order valence-electron chi connectivity index (χ3n) is 2.95. The third kappa shape index (κ3) is 3.43. The van der Waals surface area contributed by atoms with Crippen molar-refractivity contribution >= 4 is 21.9 Å². The zero-order valence-corrected chi connectivity index (χ0v) is 12.7. The van der Waals surface area contributed by atoms with E-state index in [1.54, 1.807) is 18.9 Å². The van der Waals surface area contributed by atoms with Crippen molar-refractivity contribution < 1.29 is 14.4 Å². The van der Waals surface area contributed by atoms with E-state index in [-0.39, 0.29) is 6.54 Å². The summed E-state index contributed by atoms with van der Waals surface area (Å²) in [7, 11) is 1.70. The van der Waals surface area contributed by atoms with E-state index in [4.69, 9.17) is 9.63 Å². The normalized spacial score (nSPS) is 12.6. The highest BCUT2D eigenvalue weighted by Crippen LogP contribution is 2.20. The van der Waals surface area contributed by atoms with E-state index in [0.29, 0.717) is 11.7 Å². The molecule has 7 heteroatoms. The number of carboxylic acid groups (broad SMARTS) is 1. The number of rotatable bonds is 5. The number of benzene rings is 1. The van der Waals surface area contributed by atoms with Crippen LogP contribution in [0.25, 0.3) is 11.4 Å². The third-order valence-corrected chi connectivity index (χ3v) is 3.45. The van der Waals surface area contributed by atoms with Gasteiger partial charge in [0.1, 0.15) is 6.04 Å². The van der Waals surface area contributed by atoms with Gasteiger partial charge in [0.15, 0.2) is 0 Å². The van der Waals surface area contributed by atoms with Crippen molar-refractivity contribution in [1.82, 2.24) is 15.0 Å². The predicted molar refractivity (Wildman–Crippen MR) is 76.0 cm³/mol. The summed E-state index contributed by atoms with van der Waals surface area (Å²) in [5, 5.41) is 12.8. The van der Waals surface area contributed by atoms with Gasteiger partial charge in [0.2, 0.25) is 11.7 Å². The molecule has 0 saturated carbocycles. The van der Waals surface area contributed by atoms with E-state index in [2.05, 4.69) is 26.1 Å². The van der Waals surface area contributed by atoms with E-state index in [1.807, 2.05) is 24.3 Å². The maximum atomic E-state index is 10.9. The number of carbonyl (C=O) groups is 1. The van der Waals surface area contributed by atoms with Crippen LogP contribution in [0.5, 0.6) is 0 Å². The van der Waals surface area contributed by atoms with E-state index in [0.717, 1.165) is 10.0 Å². The lowest BCUT2D eigenvalue weighted by Crippen LogP contribution is -2.35. The molecule has 0 radical (unpaired) electrons. The number of carboxylic acids is 1. The zero-order chi connectivity index (χ0) is 14.7. The zero-order valence-electron chi connectivity index (χ0n) is 11.1. The van der Waals surface area contributed by atoms with Crippen molar-refractivity contribution in [1.29, 1.82) is 0 Å². The van der Waals surface area contributed by atoms with Gasteiger partial charge in [-0.1, -0.05) is 33.2 Å². The fourth-order valence-corrected chi connectivity index (χ4v) is 2.00. The second-order valence-corrected chi connectivity index (χ2v) is 5.37. The Labute approximate surface area is 124 Å². The first-order chi connectivity index (χ1) is 9.47. The summed E-state index contributed by atoms with van der Waals surface area (Å²) in [6.45, 7) is 1.89. The molecule has 1 unspecified atom stereocenters. The Morgan fingerprint density at radius 2 is 2.30 bits per heavy atom. The van der Waals surface area contributed by atoms with Gasteiger partial charge in [-0.3, -0.25) is 9.69 Å². The number of hydrogen-bond acceptors (Lipinski definition) is 5. The Kier molecular flexibility index (Phi) is 4.51. The maximum absolute atomic E-state index is 10.9. The molecule has 1 atom stereocenters. The highest BCUT2D eigenvalue weighted by Gasteiger charge is 2.19. The first kappa shape index (κ1) is 14.7. The van der Waals surface area contributed by atoms with Crippen LogP contribution >= 0.6 is 15.9 Å². The minimum atomic E-state index is -0.890. The summed E-state index contributed by atoms with van der Waals surface area (Å²) < 4.78 is 6.08. The van der Waals surface area contributed by atoms with Crippen LogP contribution in [-0.4, -0.2) is 39.2 Å². The molecule has 2 rings (SSSR count). The van der Waals surface area contributed by atoms with Crippen LogP contribution in [0.1, 0.15) is 12.8 Å². The van der Waals surface area contributed by atoms with Crippen molar-refractivity contribution in [2.75, 3.05) is 7.05 Å². The van der Waals surface area contributed by atoms with Crippen molar-refractivity contribution in [2.24, 2.45) is 0 Å². The van der Waals surface area contributed by atoms with Gasteiger partial charge >= 0.3 is 5.97 Å². The van der Waals surface area contributed by atoms with Crippen molar-refractivity contribution in [3.05, 3.63) is 34.6 Å². The monoisotopic (exact) mass is 339 g/mol. The SMILES string of the molecule is CC(C(=O)O)N(C)Cc1nc(-c2cccc(Br)c2)no1. The van der Waals surface area contributed by atoms with Crippen LogP contribution in [0.4, 0.5) is 0 Å². The molecular formula is C13H14BrN3O3. The molecule has 0 amide bonds. The van der Waals surface area contributed by atoms with Crippen LogP contribution < -0.4 is 0 Å². The van der Waals surface area contributed by atoms with Crippen LogP contribution in [0.3, 0.4) is 0 Å². The molecule has 0 bridgehead atoms. The lowest BCUT2D eigenvalue weighted by Gasteiger charge is -2.18. The summed E-state index contributed by atoms with van der Waals surface area (Å²) in [5.74, 6) is -0.0208. The number of halogens is 1. The Morgan fingerprint density at radius 3 is 2.95 bits per heavy atom. The molecule has 1 N–H and O–H groups in total. The maximum Gasteiger partial charge on any atom is 0.320 e. The molecule has 20 heavy (non-hydrogen) atoms. The van der Waals surface area contributed by atoms with Crippen molar-refractivity contribution in [2.45, 2.75) is 19.5 Å².